The number of hydrogen-bond acceptors (Lipinski definition) is 5. The van der Waals surface area contributed by atoms with Gasteiger partial charge in [0.15, 0.2) is 0 Å². The summed E-state index contributed by atoms with van der Waals surface area (Å²) < 4.78 is 31.9. The molecule has 1 atom stereocenters. The topological polar surface area (TPSA) is 96.0 Å². The molecule has 2 amide bonds. The average molecular weight is 504 g/mol. The van der Waals surface area contributed by atoms with E-state index in [4.69, 9.17) is 4.74 Å². The Kier molecular flexibility index (Phi) is 10.1. The smallest absolute Gasteiger partial charge is 0.244 e. The molecule has 0 saturated carbocycles. The first-order chi connectivity index (χ1) is 16.5. The van der Waals surface area contributed by atoms with E-state index in [1.165, 1.54) is 4.90 Å². The van der Waals surface area contributed by atoms with Crippen molar-refractivity contribution in [3.8, 4) is 5.75 Å². The Labute approximate surface area is 209 Å². The fourth-order valence-corrected chi connectivity index (χ4v) is 4.59. The van der Waals surface area contributed by atoms with Crippen molar-refractivity contribution >= 4 is 27.5 Å². The molecule has 0 radical (unpaired) electrons. The monoisotopic (exact) mass is 503 g/mol. The number of anilines is 1. The molecule has 0 spiro atoms. The number of benzene rings is 2. The van der Waals surface area contributed by atoms with E-state index in [9.17, 15) is 18.0 Å². The van der Waals surface area contributed by atoms with Crippen LogP contribution in [0.5, 0.6) is 5.75 Å². The number of methoxy groups -OCH3 is 1. The van der Waals surface area contributed by atoms with Crippen molar-refractivity contribution < 1.29 is 22.7 Å². The van der Waals surface area contributed by atoms with Gasteiger partial charge in [-0.2, -0.15) is 0 Å². The Bertz CT molecular complexity index is 1130. The van der Waals surface area contributed by atoms with E-state index in [2.05, 4.69) is 5.32 Å². The highest BCUT2D eigenvalue weighted by atomic mass is 32.2. The molecule has 35 heavy (non-hydrogen) atoms. The number of carbonyl (C=O) groups excluding carboxylic acids is 2. The SMILES string of the molecule is CCCCNC(=O)[C@H](C)N(Cc1cccc(OC)c1)C(=O)CN(c1cccc(C)c1C)S(C)(=O)=O. The van der Waals surface area contributed by atoms with Gasteiger partial charge < -0.3 is 15.0 Å². The van der Waals surface area contributed by atoms with Crippen LogP contribution in [0.25, 0.3) is 0 Å². The van der Waals surface area contributed by atoms with Gasteiger partial charge in [0.1, 0.15) is 18.3 Å². The molecule has 0 saturated heterocycles. The second kappa shape index (κ2) is 12.6. The summed E-state index contributed by atoms with van der Waals surface area (Å²) in [5.41, 5.74) is 2.90. The van der Waals surface area contributed by atoms with E-state index in [0.717, 1.165) is 40.1 Å². The second-order valence-corrected chi connectivity index (χ2v) is 10.6. The van der Waals surface area contributed by atoms with Gasteiger partial charge >= 0.3 is 0 Å². The zero-order valence-electron chi connectivity index (χ0n) is 21.5. The molecule has 8 nitrogen and oxygen atoms in total. The predicted molar refractivity (Wildman–Crippen MR) is 139 cm³/mol. The molecule has 2 aromatic carbocycles. The predicted octanol–water partition coefficient (Wildman–Crippen LogP) is 3.41. The van der Waals surface area contributed by atoms with Crippen LogP contribution >= 0.6 is 0 Å². The van der Waals surface area contributed by atoms with E-state index in [1.54, 1.807) is 38.3 Å². The third-order valence-corrected chi connectivity index (χ3v) is 7.13. The number of ether oxygens (including phenoxy) is 1. The van der Waals surface area contributed by atoms with Gasteiger partial charge in [-0.15, -0.1) is 0 Å². The summed E-state index contributed by atoms with van der Waals surface area (Å²) in [7, 11) is -2.21. The van der Waals surface area contributed by atoms with Crippen LogP contribution in [0.4, 0.5) is 5.69 Å². The van der Waals surface area contributed by atoms with Crippen LogP contribution in [0.1, 0.15) is 43.4 Å². The van der Waals surface area contributed by atoms with Gasteiger partial charge in [-0.25, -0.2) is 8.42 Å². The van der Waals surface area contributed by atoms with Crippen LogP contribution in [0.15, 0.2) is 42.5 Å². The highest BCUT2D eigenvalue weighted by Gasteiger charge is 2.30. The number of nitrogens with one attached hydrogen (secondary N) is 1. The molecular weight excluding hydrogens is 466 g/mol. The molecule has 0 aromatic heterocycles. The summed E-state index contributed by atoms with van der Waals surface area (Å²) in [6, 6.07) is 11.8. The zero-order valence-corrected chi connectivity index (χ0v) is 22.3. The van der Waals surface area contributed by atoms with Crippen molar-refractivity contribution in [1.82, 2.24) is 10.2 Å². The largest absolute Gasteiger partial charge is 0.497 e. The zero-order chi connectivity index (χ0) is 26.2. The fourth-order valence-electron chi connectivity index (χ4n) is 3.69. The number of carbonyl (C=O) groups is 2. The van der Waals surface area contributed by atoms with Gasteiger partial charge in [-0.3, -0.25) is 13.9 Å². The van der Waals surface area contributed by atoms with Gasteiger partial charge in [-0.1, -0.05) is 37.6 Å². The van der Waals surface area contributed by atoms with Crippen LogP contribution in [0, 0.1) is 13.8 Å². The molecular formula is C26H37N3O5S. The molecule has 0 unspecified atom stereocenters. The van der Waals surface area contributed by atoms with Crippen molar-refractivity contribution in [3.63, 3.8) is 0 Å². The van der Waals surface area contributed by atoms with Crippen LogP contribution in [0.2, 0.25) is 0 Å². The lowest BCUT2D eigenvalue weighted by molar-refractivity contribution is -0.139. The Morgan fingerprint density at radius 2 is 1.80 bits per heavy atom. The molecule has 0 aliphatic rings. The third kappa shape index (κ3) is 7.71. The maximum absolute atomic E-state index is 13.6. The molecule has 0 bridgehead atoms. The summed E-state index contributed by atoms with van der Waals surface area (Å²) in [5.74, 6) is -0.132. The fraction of sp³-hybridized carbons (Fsp3) is 0.462. The molecule has 0 heterocycles. The summed E-state index contributed by atoms with van der Waals surface area (Å²) in [4.78, 5) is 27.9. The minimum Gasteiger partial charge on any atom is -0.497 e. The minimum atomic E-state index is -3.77. The summed E-state index contributed by atoms with van der Waals surface area (Å²) in [6.07, 6.45) is 2.84. The van der Waals surface area contributed by atoms with E-state index >= 15 is 0 Å². The Hall–Kier alpha value is -3.07. The average Bonchev–Trinajstić information content (AvgIpc) is 2.82. The number of aryl methyl sites for hydroxylation is 1. The van der Waals surface area contributed by atoms with E-state index in [1.807, 2.05) is 39.0 Å². The van der Waals surface area contributed by atoms with Crippen molar-refractivity contribution in [2.45, 2.75) is 53.1 Å². The molecule has 0 fully saturated rings. The lowest BCUT2D eigenvalue weighted by Crippen LogP contribution is -2.51. The van der Waals surface area contributed by atoms with Gasteiger partial charge in [0.2, 0.25) is 21.8 Å². The normalized spacial score (nSPS) is 12.1. The molecule has 9 heteroatoms. The third-order valence-electron chi connectivity index (χ3n) is 6.01. The summed E-state index contributed by atoms with van der Waals surface area (Å²) in [6.45, 7) is 7.62. The van der Waals surface area contributed by atoms with Crippen molar-refractivity contribution in [2.24, 2.45) is 0 Å². The highest BCUT2D eigenvalue weighted by Crippen LogP contribution is 2.25. The Balaban J connectivity index is 2.41. The molecule has 0 aliphatic carbocycles. The van der Waals surface area contributed by atoms with E-state index < -0.39 is 28.5 Å². The van der Waals surface area contributed by atoms with Crippen molar-refractivity contribution in [2.75, 3.05) is 30.8 Å². The first-order valence-corrected chi connectivity index (χ1v) is 13.6. The first kappa shape index (κ1) is 28.2. The summed E-state index contributed by atoms with van der Waals surface area (Å²) in [5, 5.41) is 2.87. The number of unbranched alkanes of at least 4 members (excludes halogenated alkanes) is 1. The van der Waals surface area contributed by atoms with Crippen LogP contribution in [-0.4, -0.2) is 57.6 Å². The van der Waals surface area contributed by atoms with Crippen LogP contribution in [-0.2, 0) is 26.2 Å². The second-order valence-electron chi connectivity index (χ2n) is 8.68. The maximum atomic E-state index is 13.6. The van der Waals surface area contributed by atoms with Gasteiger partial charge in [0.25, 0.3) is 0 Å². The molecule has 0 aliphatic heterocycles. The molecule has 192 valence electrons. The quantitative estimate of drug-likeness (QED) is 0.448. The van der Waals surface area contributed by atoms with Gasteiger partial charge in [0.05, 0.1) is 19.1 Å². The van der Waals surface area contributed by atoms with E-state index in [0.29, 0.717) is 18.0 Å². The van der Waals surface area contributed by atoms with Crippen LogP contribution < -0.4 is 14.4 Å². The Morgan fingerprint density at radius 1 is 1.11 bits per heavy atom. The molecule has 2 rings (SSSR count). The van der Waals surface area contributed by atoms with Gasteiger partial charge in [-0.05, 0) is 62.1 Å². The number of amides is 2. The van der Waals surface area contributed by atoms with E-state index in [-0.39, 0.29) is 12.5 Å². The minimum absolute atomic E-state index is 0.128. The Morgan fingerprint density at radius 3 is 2.43 bits per heavy atom. The number of sulfonamides is 1. The number of nitrogens with zero attached hydrogens (tertiary/aromatic N) is 2. The van der Waals surface area contributed by atoms with Crippen LogP contribution in [0.3, 0.4) is 0 Å². The number of hydrogen-bond donors (Lipinski definition) is 1. The highest BCUT2D eigenvalue weighted by molar-refractivity contribution is 7.92. The van der Waals surface area contributed by atoms with Crippen molar-refractivity contribution in [3.05, 3.63) is 59.2 Å². The molecule has 1 N–H and O–H groups in total. The lowest BCUT2D eigenvalue weighted by Gasteiger charge is -2.32. The standard InChI is InChI=1S/C26H37N3O5S/c1-7-8-15-27-26(31)21(4)28(17-22-12-10-13-23(16-22)34-5)25(30)18-29(35(6,32)33)24-14-9-11-19(2)20(24)3/h9-14,16,21H,7-8,15,17-18H2,1-6H3,(H,27,31)/t21-/m0/s1. The molecule has 2 aromatic rings. The lowest BCUT2D eigenvalue weighted by atomic mass is 10.1. The number of rotatable bonds is 12. The first-order valence-electron chi connectivity index (χ1n) is 11.7. The van der Waals surface area contributed by atoms with Crippen molar-refractivity contribution in [1.29, 1.82) is 0 Å². The summed E-state index contributed by atoms with van der Waals surface area (Å²) >= 11 is 0. The van der Waals surface area contributed by atoms with Gasteiger partial charge in [0, 0.05) is 13.1 Å². The maximum Gasteiger partial charge on any atom is 0.244 e.